The summed E-state index contributed by atoms with van der Waals surface area (Å²) >= 11 is 0. The molecule has 0 aromatic heterocycles. The van der Waals surface area contributed by atoms with Crippen molar-refractivity contribution in [2.45, 2.75) is 26.1 Å². The minimum absolute atomic E-state index is 0.0869. The van der Waals surface area contributed by atoms with Gasteiger partial charge < -0.3 is 25.2 Å². The number of allylic oxidation sites excluding steroid dienone is 6. The summed E-state index contributed by atoms with van der Waals surface area (Å²) in [6, 6.07) is 0. The van der Waals surface area contributed by atoms with Crippen LogP contribution < -0.4 is 0 Å². The molecule has 5 heteroatoms. The Kier molecular flexibility index (Phi) is 9.74. The molecule has 0 aliphatic heterocycles. The highest BCUT2D eigenvalue weighted by molar-refractivity contribution is 5.17. The van der Waals surface area contributed by atoms with Crippen LogP contribution in [0.25, 0.3) is 0 Å². The molecular weight excluding hydrogens is 248 g/mol. The zero-order valence-corrected chi connectivity index (χ0v) is 11.2. The molecule has 0 fully saturated rings. The van der Waals surface area contributed by atoms with Gasteiger partial charge in [-0.2, -0.15) is 0 Å². The van der Waals surface area contributed by atoms with E-state index in [0.717, 1.165) is 0 Å². The Hall–Kier alpha value is -1.40. The minimum atomic E-state index is -1.20. The van der Waals surface area contributed by atoms with E-state index in [2.05, 4.69) is 0 Å². The third-order valence-corrected chi connectivity index (χ3v) is 2.14. The van der Waals surface area contributed by atoms with Gasteiger partial charge in [0.1, 0.15) is 23.7 Å². The van der Waals surface area contributed by atoms with Gasteiger partial charge in [0.25, 0.3) is 0 Å². The standard InChI is InChI=1S/C14H22O5/c1-3-5-7-13(11(17)9-15)19-14(8-6-4-2)12(18)10-16/h3-8,11-12,15-18H,9-10H2,1-2H3/b5-3+,6-4+,13-7-,14-8+. The molecule has 0 spiro atoms. The summed E-state index contributed by atoms with van der Waals surface area (Å²) in [5.41, 5.74) is 0. The molecule has 108 valence electrons. The van der Waals surface area contributed by atoms with Crippen molar-refractivity contribution in [1.29, 1.82) is 0 Å². The first-order valence-electron chi connectivity index (χ1n) is 6.02. The van der Waals surface area contributed by atoms with Gasteiger partial charge in [-0.15, -0.1) is 0 Å². The van der Waals surface area contributed by atoms with E-state index in [1.807, 2.05) is 0 Å². The third-order valence-electron chi connectivity index (χ3n) is 2.14. The molecule has 0 saturated heterocycles. The van der Waals surface area contributed by atoms with Crippen molar-refractivity contribution in [3.05, 3.63) is 48.0 Å². The molecule has 0 rings (SSSR count). The Balaban J connectivity index is 5.14. The highest BCUT2D eigenvalue weighted by atomic mass is 16.5. The van der Waals surface area contributed by atoms with Crippen LogP contribution in [0.1, 0.15) is 13.8 Å². The van der Waals surface area contributed by atoms with Crippen molar-refractivity contribution in [2.75, 3.05) is 13.2 Å². The molecular formula is C14H22O5. The normalized spacial score (nSPS) is 17.2. The van der Waals surface area contributed by atoms with E-state index in [-0.39, 0.29) is 11.5 Å². The van der Waals surface area contributed by atoms with Gasteiger partial charge in [-0.05, 0) is 26.0 Å². The number of hydrogen-bond acceptors (Lipinski definition) is 5. The Morgan fingerprint density at radius 2 is 1.26 bits per heavy atom. The van der Waals surface area contributed by atoms with Gasteiger partial charge in [-0.1, -0.05) is 24.3 Å². The quantitative estimate of drug-likeness (QED) is 0.384. The van der Waals surface area contributed by atoms with Gasteiger partial charge in [-0.3, -0.25) is 0 Å². The monoisotopic (exact) mass is 270 g/mol. The molecule has 2 unspecified atom stereocenters. The van der Waals surface area contributed by atoms with Crippen LogP contribution in [0.15, 0.2) is 48.0 Å². The highest BCUT2D eigenvalue weighted by Crippen LogP contribution is 2.15. The Morgan fingerprint density at radius 1 is 0.895 bits per heavy atom. The second-order valence-corrected chi connectivity index (χ2v) is 3.69. The fraction of sp³-hybridized carbons (Fsp3) is 0.429. The highest BCUT2D eigenvalue weighted by Gasteiger charge is 2.17. The van der Waals surface area contributed by atoms with Crippen LogP contribution >= 0.6 is 0 Å². The predicted octanol–water partition coefficient (Wildman–Crippen LogP) is 0.629. The van der Waals surface area contributed by atoms with Gasteiger partial charge in [0, 0.05) is 0 Å². The maximum atomic E-state index is 9.61. The van der Waals surface area contributed by atoms with Crippen molar-refractivity contribution >= 4 is 0 Å². The van der Waals surface area contributed by atoms with E-state index in [1.54, 1.807) is 38.2 Å². The number of aliphatic hydroxyl groups excluding tert-OH is 4. The molecule has 0 aromatic carbocycles. The predicted molar refractivity (Wildman–Crippen MR) is 73.1 cm³/mol. The molecule has 4 N–H and O–H groups in total. The smallest absolute Gasteiger partial charge is 0.135 e. The number of hydrogen-bond donors (Lipinski definition) is 4. The fourth-order valence-corrected chi connectivity index (χ4v) is 1.12. The zero-order chi connectivity index (χ0) is 14.7. The van der Waals surface area contributed by atoms with Crippen molar-refractivity contribution in [3.8, 4) is 0 Å². The number of aliphatic hydroxyl groups is 4. The summed E-state index contributed by atoms with van der Waals surface area (Å²) in [5, 5.41) is 37.1. The molecule has 0 amide bonds. The lowest BCUT2D eigenvalue weighted by Gasteiger charge is -2.18. The average molecular weight is 270 g/mol. The lowest BCUT2D eigenvalue weighted by atomic mass is 10.2. The van der Waals surface area contributed by atoms with Crippen LogP contribution in [0.5, 0.6) is 0 Å². The van der Waals surface area contributed by atoms with E-state index in [9.17, 15) is 10.2 Å². The first-order chi connectivity index (χ1) is 9.10. The molecule has 19 heavy (non-hydrogen) atoms. The van der Waals surface area contributed by atoms with Crippen LogP contribution in [-0.2, 0) is 4.74 Å². The number of rotatable bonds is 8. The molecule has 0 aliphatic rings. The summed E-state index contributed by atoms with van der Waals surface area (Å²) in [7, 11) is 0. The van der Waals surface area contributed by atoms with Crippen molar-refractivity contribution < 1.29 is 25.2 Å². The van der Waals surface area contributed by atoms with Crippen LogP contribution in [0.3, 0.4) is 0 Å². The molecule has 5 nitrogen and oxygen atoms in total. The van der Waals surface area contributed by atoms with E-state index >= 15 is 0 Å². The van der Waals surface area contributed by atoms with Crippen LogP contribution in [0, 0.1) is 0 Å². The summed E-state index contributed by atoms with van der Waals surface area (Å²) in [4.78, 5) is 0. The molecule has 0 saturated carbocycles. The van der Waals surface area contributed by atoms with Crippen LogP contribution in [0.4, 0.5) is 0 Å². The van der Waals surface area contributed by atoms with Crippen molar-refractivity contribution in [3.63, 3.8) is 0 Å². The van der Waals surface area contributed by atoms with Crippen LogP contribution in [0.2, 0.25) is 0 Å². The summed E-state index contributed by atoms with van der Waals surface area (Å²) < 4.78 is 5.36. The van der Waals surface area contributed by atoms with E-state index in [0.29, 0.717) is 0 Å². The third kappa shape index (κ3) is 6.93. The first-order valence-corrected chi connectivity index (χ1v) is 6.02. The Labute approximate surface area is 113 Å². The summed E-state index contributed by atoms with van der Waals surface area (Å²) in [5.74, 6) is 0.174. The second kappa shape index (κ2) is 10.5. The molecule has 0 bridgehead atoms. The average Bonchev–Trinajstić information content (AvgIpc) is 2.44. The summed E-state index contributed by atoms with van der Waals surface area (Å²) in [6.45, 7) is 2.57. The Morgan fingerprint density at radius 3 is 1.53 bits per heavy atom. The molecule has 0 radical (unpaired) electrons. The van der Waals surface area contributed by atoms with E-state index in [1.165, 1.54) is 12.2 Å². The molecule has 2 atom stereocenters. The van der Waals surface area contributed by atoms with Gasteiger partial charge in [0.05, 0.1) is 13.2 Å². The van der Waals surface area contributed by atoms with Gasteiger partial charge in [-0.25, -0.2) is 0 Å². The Bertz CT molecular complexity index is 321. The van der Waals surface area contributed by atoms with Crippen molar-refractivity contribution in [1.82, 2.24) is 0 Å². The van der Waals surface area contributed by atoms with Gasteiger partial charge >= 0.3 is 0 Å². The van der Waals surface area contributed by atoms with Gasteiger partial charge in [0.2, 0.25) is 0 Å². The topological polar surface area (TPSA) is 90.2 Å². The number of ether oxygens (including phenoxy) is 1. The SMILES string of the molecule is C/C=C/C=C(\O/C(=C/C=C/C)C(O)CO)C(O)CO. The maximum absolute atomic E-state index is 9.61. The largest absolute Gasteiger partial charge is 0.460 e. The van der Waals surface area contributed by atoms with Crippen LogP contribution in [-0.4, -0.2) is 45.8 Å². The second-order valence-electron chi connectivity index (χ2n) is 3.69. The van der Waals surface area contributed by atoms with E-state index < -0.39 is 25.4 Å². The van der Waals surface area contributed by atoms with Crippen molar-refractivity contribution in [2.24, 2.45) is 0 Å². The fourth-order valence-electron chi connectivity index (χ4n) is 1.12. The lowest BCUT2D eigenvalue weighted by molar-refractivity contribution is 0.0417. The lowest BCUT2D eigenvalue weighted by Crippen LogP contribution is -2.22. The maximum Gasteiger partial charge on any atom is 0.135 e. The first kappa shape index (κ1) is 17.6. The zero-order valence-electron chi connectivity index (χ0n) is 11.2. The minimum Gasteiger partial charge on any atom is -0.460 e. The van der Waals surface area contributed by atoms with Gasteiger partial charge in [0.15, 0.2) is 0 Å². The molecule has 0 aliphatic carbocycles. The molecule has 0 aromatic rings. The molecule has 0 heterocycles. The van der Waals surface area contributed by atoms with E-state index in [4.69, 9.17) is 14.9 Å². The summed E-state index contributed by atoms with van der Waals surface area (Å²) in [6.07, 6.45) is 7.28.